The molecule has 0 saturated carbocycles. The van der Waals surface area contributed by atoms with Crippen molar-refractivity contribution < 1.29 is 18.7 Å². The number of aromatic nitrogens is 2. The van der Waals surface area contributed by atoms with Crippen LogP contribution in [0.1, 0.15) is 6.92 Å². The van der Waals surface area contributed by atoms with Crippen LogP contribution in [0, 0.1) is 0 Å². The molecule has 8 nitrogen and oxygen atoms in total. The molecule has 1 atom stereocenters. The van der Waals surface area contributed by atoms with Gasteiger partial charge in [-0.15, -0.1) is 5.10 Å². The SMILES string of the molecule is C[C@@H](OC(=O)Cn1nc(-c2ccccc2)oc1=O)C(=O)Nc1ccccc1. The van der Waals surface area contributed by atoms with Crippen LogP contribution in [0.25, 0.3) is 11.5 Å². The maximum absolute atomic E-state index is 12.1. The van der Waals surface area contributed by atoms with Crippen molar-refractivity contribution >= 4 is 17.6 Å². The largest absolute Gasteiger partial charge is 0.451 e. The zero-order valence-corrected chi connectivity index (χ0v) is 14.5. The monoisotopic (exact) mass is 367 g/mol. The molecule has 0 aliphatic carbocycles. The molecule has 1 amide bonds. The number of esters is 1. The van der Waals surface area contributed by atoms with E-state index in [2.05, 4.69) is 10.4 Å². The van der Waals surface area contributed by atoms with E-state index in [1.165, 1.54) is 6.92 Å². The second-order valence-electron chi connectivity index (χ2n) is 5.68. The summed E-state index contributed by atoms with van der Waals surface area (Å²) in [5.74, 6) is -1.94. The predicted octanol–water partition coefficient (Wildman–Crippen LogP) is 2.07. The number of benzene rings is 2. The van der Waals surface area contributed by atoms with E-state index in [4.69, 9.17) is 9.15 Å². The van der Waals surface area contributed by atoms with E-state index < -0.39 is 30.3 Å². The first-order chi connectivity index (χ1) is 13.0. The van der Waals surface area contributed by atoms with Gasteiger partial charge in [-0.2, -0.15) is 4.68 Å². The summed E-state index contributed by atoms with van der Waals surface area (Å²) in [5.41, 5.74) is 1.20. The zero-order valence-electron chi connectivity index (χ0n) is 14.5. The summed E-state index contributed by atoms with van der Waals surface area (Å²) >= 11 is 0. The second kappa shape index (κ2) is 8.13. The van der Waals surface area contributed by atoms with Crippen molar-refractivity contribution in [2.75, 3.05) is 5.32 Å². The van der Waals surface area contributed by atoms with Crippen molar-refractivity contribution in [3.8, 4) is 11.5 Å². The van der Waals surface area contributed by atoms with Gasteiger partial charge in [0.1, 0.15) is 6.54 Å². The fourth-order valence-electron chi connectivity index (χ4n) is 2.28. The Balaban J connectivity index is 1.60. The van der Waals surface area contributed by atoms with Gasteiger partial charge in [0.25, 0.3) is 5.91 Å². The third-order valence-corrected chi connectivity index (χ3v) is 3.62. The number of rotatable bonds is 6. The van der Waals surface area contributed by atoms with Gasteiger partial charge >= 0.3 is 11.7 Å². The predicted molar refractivity (Wildman–Crippen MR) is 96.8 cm³/mol. The standard InChI is InChI=1S/C19H17N3O5/c1-13(17(24)20-15-10-6-3-7-11-15)26-16(23)12-22-19(25)27-18(21-22)14-8-4-2-5-9-14/h2-11,13H,12H2,1H3,(H,20,24)/t13-/m1/s1. The van der Waals surface area contributed by atoms with Gasteiger partial charge in [0.2, 0.25) is 5.89 Å². The average molecular weight is 367 g/mol. The first-order valence-corrected chi connectivity index (χ1v) is 8.21. The molecule has 2 aromatic carbocycles. The average Bonchev–Trinajstić information content (AvgIpc) is 3.03. The Morgan fingerprint density at radius 3 is 2.41 bits per heavy atom. The molecule has 0 radical (unpaired) electrons. The number of amides is 1. The maximum Gasteiger partial charge on any atom is 0.437 e. The van der Waals surface area contributed by atoms with Crippen molar-refractivity contribution in [2.24, 2.45) is 0 Å². The van der Waals surface area contributed by atoms with Crippen LogP contribution in [0.15, 0.2) is 69.9 Å². The lowest BCUT2D eigenvalue weighted by Gasteiger charge is -2.13. The van der Waals surface area contributed by atoms with E-state index in [9.17, 15) is 14.4 Å². The number of hydrogen-bond acceptors (Lipinski definition) is 6. The molecule has 0 spiro atoms. The fraction of sp³-hybridized carbons (Fsp3) is 0.158. The third-order valence-electron chi connectivity index (χ3n) is 3.62. The molecule has 1 aromatic heterocycles. The molecule has 27 heavy (non-hydrogen) atoms. The number of hydrogen-bond donors (Lipinski definition) is 1. The van der Waals surface area contributed by atoms with Gasteiger partial charge in [-0.3, -0.25) is 9.59 Å². The summed E-state index contributed by atoms with van der Waals surface area (Å²) in [6.45, 7) is 0.981. The van der Waals surface area contributed by atoms with Gasteiger partial charge < -0.3 is 14.5 Å². The van der Waals surface area contributed by atoms with Gasteiger partial charge in [0.15, 0.2) is 6.10 Å². The van der Waals surface area contributed by atoms with E-state index >= 15 is 0 Å². The molecule has 0 aliphatic rings. The van der Waals surface area contributed by atoms with Crippen molar-refractivity contribution in [3.05, 3.63) is 71.2 Å². The Labute approximate surface area is 154 Å². The third kappa shape index (κ3) is 4.69. The van der Waals surface area contributed by atoms with Crippen molar-refractivity contribution in [1.29, 1.82) is 0 Å². The Morgan fingerprint density at radius 1 is 1.11 bits per heavy atom. The van der Waals surface area contributed by atoms with Crippen molar-refractivity contribution in [1.82, 2.24) is 9.78 Å². The highest BCUT2D eigenvalue weighted by Crippen LogP contribution is 2.14. The summed E-state index contributed by atoms with van der Waals surface area (Å²) < 4.78 is 11.0. The topological polar surface area (TPSA) is 103 Å². The van der Waals surface area contributed by atoms with Crippen LogP contribution in [0.5, 0.6) is 0 Å². The summed E-state index contributed by atoms with van der Waals surface area (Å²) in [4.78, 5) is 36.0. The second-order valence-corrected chi connectivity index (χ2v) is 5.68. The zero-order chi connectivity index (χ0) is 19.2. The van der Waals surface area contributed by atoms with Crippen LogP contribution in [-0.4, -0.2) is 27.8 Å². The molecule has 138 valence electrons. The normalized spacial score (nSPS) is 11.6. The molecule has 0 fully saturated rings. The van der Waals surface area contributed by atoms with Gasteiger partial charge in [-0.05, 0) is 31.2 Å². The number of carbonyl (C=O) groups is 2. The number of nitrogens with one attached hydrogen (secondary N) is 1. The molecule has 3 aromatic rings. The molecule has 0 aliphatic heterocycles. The van der Waals surface area contributed by atoms with Crippen LogP contribution in [0.3, 0.4) is 0 Å². The number of ether oxygens (including phenoxy) is 1. The minimum Gasteiger partial charge on any atom is -0.451 e. The maximum atomic E-state index is 12.1. The number of carbonyl (C=O) groups excluding carboxylic acids is 2. The quantitative estimate of drug-likeness (QED) is 0.669. The lowest BCUT2D eigenvalue weighted by Crippen LogP contribution is -2.32. The summed E-state index contributed by atoms with van der Waals surface area (Å²) in [6, 6.07) is 17.6. The molecular weight excluding hydrogens is 350 g/mol. The number of nitrogens with zero attached hydrogens (tertiary/aromatic N) is 2. The molecule has 0 saturated heterocycles. The first kappa shape index (κ1) is 18.1. The fourth-order valence-corrected chi connectivity index (χ4v) is 2.28. The molecule has 1 heterocycles. The Kier molecular flexibility index (Phi) is 5.46. The smallest absolute Gasteiger partial charge is 0.437 e. The van der Waals surface area contributed by atoms with E-state index in [1.54, 1.807) is 48.5 Å². The number of anilines is 1. The van der Waals surface area contributed by atoms with E-state index in [-0.39, 0.29) is 5.89 Å². The molecule has 0 unspecified atom stereocenters. The van der Waals surface area contributed by atoms with Crippen LogP contribution in [0.4, 0.5) is 5.69 Å². The van der Waals surface area contributed by atoms with E-state index in [0.717, 1.165) is 4.68 Å². The molecule has 0 bridgehead atoms. The van der Waals surface area contributed by atoms with Crippen LogP contribution in [0.2, 0.25) is 0 Å². The van der Waals surface area contributed by atoms with Crippen molar-refractivity contribution in [2.45, 2.75) is 19.6 Å². The molecule has 3 rings (SSSR count). The van der Waals surface area contributed by atoms with Gasteiger partial charge in [0, 0.05) is 11.3 Å². The first-order valence-electron chi connectivity index (χ1n) is 8.21. The highest BCUT2D eigenvalue weighted by Gasteiger charge is 2.20. The highest BCUT2D eigenvalue weighted by molar-refractivity contribution is 5.95. The summed E-state index contributed by atoms with van der Waals surface area (Å²) in [5, 5.41) is 6.61. The van der Waals surface area contributed by atoms with Crippen molar-refractivity contribution in [3.63, 3.8) is 0 Å². The van der Waals surface area contributed by atoms with Gasteiger partial charge in [0.05, 0.1) is 0 Å². The molecule has 8 heteroatoms. The molecular formula is C19H17N3O5. The Bertz CT molecular complexity index is 979. The minimum absolute atomic E-state index is 0.100. The highest BCUT2D eigenvalue weighted by atomic mass is 16.5. The van der Waals surface area contributed by atoms with Crippen LogP contribution >= 0.6 is 0 Å². The van der Waals surface area contributed by atoms with E-state index in [1.807, 2.05) is 12.1 Å². The Morgan fingerprint density at radius 2 is 1.74 bits per heavy atom. The van der Waals surface area contributed by atoms with Crippen LogP contribution < -0.4 is 11.1 Å². The lowest BCUT2D eigenvalue weighted by molar-refractivity contribution is -0.154. The lowest BCUT2D eigenvalue weighted by atomic mass is 10.2. The summed E-state index contributed by atoms with van der Waals surface area (Å²) in [7, 11) is 0. The minimum atomic E-state index is -1.03. The Hall–Kier alpha value is -3.68. The van der Waals surface area contributed by atoms with E-state index in [0.29, 0.717) is 11.3 Å². The number of para-hydroxylation sites is 1. The van der Waals surface area contributed by atoms with Gasteiger partial charge in [-0.25, -0.2) is 4.79 Å². The summed E-state index contributed by atoms with van der Waals surface area (Å²) in [6.07, 6.45) is -1.03. The molecule has 1 N–H and O–H groups in total. The van der Waals surface area contributed by atoms with Gasteiger partial charge in [-0.1, -0.05) is 36.4 Å². The van der Waals surface area contributed by atoms with Crippen LogP contribution in [-0.2, 0) is 20.9 Å².